The summed E-state index contributed by atoms with van der Waals surface area (Å²) in [7, 11) is -3.39. The zero-order chi connectivity index (χ0) is 25.3. The molecule has 0 amide bonds. The summed E-state index contributed by atoms with van der Waals surface area (Å²) in [6.45, 7) is 0. The third kappa shape index (κ3) is 4.92. The van der Waals surface area contributed by atoms with Crippen LogP contribution in [0.3, 0.4) is 0 Å². The van der Waals surface area contributed by atoms with Crippen LogP contribution >= 0.6 is 23.2 Å². The second kappa shape index (κ2) is 9.65. The van der Waals surface area contributed by atoms with Crippen molar-refractivity contribution in [2.75, 3.05) is 6.26 Å². The molecule has 0 saturated heterocycles. The van der Waals surface area contributed by atoms with E-state index in [1.165, 1.54) is 12.3 Å². The van der Waals surface area contributed by atoms with Gasteiger partial charge in [-0.15, -0.1) is 20.4 Å². The lowest BCUT2D eigenvalue weighted by atomic mass is 10.2. The van der Waals surface area contributed by atoms with Gasteiger partial charge in [0, 0.05) is 29.1 Å². The minimum Gasteiger partial charge on any atom is -0.417 e. The van der Waals surface area contributed by atoms with Crippen LogP contribution < -0.4 is 0 Å². The number of nitrogens with zero attached hydrogens (tertiary/aromatic N) is 6. The number of hydrogen-bond donors (Lipinski definition) is 0. The van der Waals surface area contributed by atoms with Crippen LogP contribution in [0.25, 0.3) is 40.8 Å². The van der Waals surface area contributed by atoms with Gasteiger partial charge in [-0.25, -0.2) is 8.42 Å². The molecular weight excluding hydrogens is 523 g/mol. The van der Waals surface area contributed by atoms with Crippen LogP contribution in [0, 0.1) is 0 Å². The fourth-order valence-corrected chi connectivity index (χ4v) is 4.24. The number of pyridine rings is 1. The molecule has 0 aliphatic rings. The van der Waals surface area contributed by atoms with Gasteiger partial charge in [-0.2, -0.15) is 0 Å². The van der Waals surface area contributed by atoms with E-state index < -0.39 is 9.84 Å². The van der Waals surface area contributed by atoms with E-state index in [2.05, 4.69) is 25.4 Å². The minimum absolute atomic E-state index is 0.100. The molecule has 0 saturated carbocycles. The maximum absolute atomic E-state index is 11.8. The van der Waals surface area contributed by atoms with Crippen molar-refractivity contribution < 1.29 is 12.8 Å². The van der Waals surface area contributed by atoms with Gasteiger partial charge in [-0.3, -0.25) is 9.55 Å². The molecule has 0 N–H and O–H groups in total. The van der Waals surface area contributed by atoms with Gasteiger partial charge in [0.05, 0.1) is 15.6 Å². The lowest BCUT2D eigenvalue weighted by Crippen LogP contribution is -2.03. The fourth-order valence-electron chi connectivity index (χ4n) is 3.33. The number of benzene rings is 2. The van der Waals surface area contributed by atoms with E-state index in [0.29, 0.717) is 39.0 Å². The molecular formula is C24H16Cl2N6O3S. The van der Waals surface area contributed by atoms with Crippen LogP contribution in [0.15, 0.2) is 76.2 Å². The lowest BCUT2D eigenvalue weighted by molar-refractivity contribution is 0.558. The molecule has 9 nitrogen and oxygen atoms in total. The normalized spacial score (nSPS) is 11.9. The van der Waals surface area contributed by atoms with E-state index in [0.717, 1.165) is 11.8 Å². The van der Waals surface area contributed by atoms with Crippen LogP contribution in [0.1, 0.15) is 11.7 Å². The molecule has 0 fully saturated rings. The summed E-state index contributed by atoms with van der Waals surface area (Å²) in [4.78, 5) is 4.39. The van der Waals surface area contributed by atoms with Crippen molar-refractivity contribution in [3.05, 3.63) is 88.6 Å². The first kappa shape index (κ1) is 23.9. The monoisotopic (exact) mass is 538 g/mol. The highest BCUT2D eigenvalue weighted by Gasteiger charge is 2.18. The Bertz CT molecular complexity index is 1680. The van der Waals surface area contributed by atoms with Crippen LogP contribution in [0.4, 0.5) is 0 Å². The molecule has 2 aromatic carbocycles. The van der Waals surface area contributed by atoms with E-state index in [1.807, 2.05) is 12.1 Å². The molecule has 5 rings (SSSR count). The number of halogens is 2. The van der Waals surface area contributed by atoms with Crippen molar-refractivity contribution in [2.45, 2.75) is 4.90 Å². The highest BCUT2D eigenvalue weighted by atomic mass is 35.5. The molecule has 5 aromatic rings. The zero-order valence-corrected chi connectivity index (χ0v) is 20.9. The van der Waals surface area contributed by atoms with Crippen LogP contribution in [-0.2, 0) is 9.84 Å². The summed E-state index contributed by atoms with van der Waals surface area (Å²) in [6, 6.07) is 17.3. The van der Waals surface area contributed by atoms with Crippen LogP contribution in [0.5, 0.6) is 0 Å². The van der Waals surface area contributed by atoms with Gasteiger partial charge in [0.2, 0.25) is 11.8 Å². The minimum atomic E-state index is -3.39. The smallest absolute Gasteiger partial charge is 0.248 e. The van der Waals surface area contributed by atoms with E-state index >= 15 is 0 Å². The lowest BCUT2D eigenvalue weighted by Gasteiger charge is -2.10. The van der Waals surface area contributed by atoms with Gasteiger partial charge in [-0.1, -0.05) is 35.3 Å². The zero-order valence-electron chi connectivity index (χ0n) is 18.6. The summed E-state index contributed by atoms with van der Waals surface area (Å²) in [5, 5.41) is 17.8. The number of sulfone groups is 1. The molecule has 0 unspecified atom stereocenters. The molecule has 0 atom stereocenters. The second-order valence-electron chi connectivity index (χ2n) is 7.61. The number of rotatable bonds is 6. The Labute approximate surface area is 216 Å². The number of hydrogen-bond acceptors (Lipinski definition) is 8. The molecule has 0 bridgehead atoms. The molecule has 3 aromatic heterocycles. The predicted octanol–water partition coefficient (Wildman–Crippen LogP) is 5.26. The average molecular weight is 539 g/mol. The van der Waals surface area contributed by atoms with Gasteiger partial charge in [0.25, 0.3) is 0 Å². The highest BCUT2D eigenvalue weighted by molar-refractivity contribution is 7.90. The Morgan fingerprint density at radius 3 is 2.36 bits per heavy atom. The Morgan fingerprint density at radius 1 is 0.889 bits per heavy atom. The summed E-state index contributed by atoms with van der Waals surface area (Å²) in [5.74, 6) is 1.38. The summed E-state index contributed by atoms with van der Waals surface area (Å²) in [6.07, 6.45) is 5.66. The fraction of sp³-hybridized carbons (Fsp3) is 0.0417. The standard InChI is InChI=1S/C24H16Cl2N6O3S/c1-36(33,34)17-10-11-19(27-14-17)23-30-28-21(32(23)20-5-3-2-4-18(20)26)12-13-22-29-31-24(35-22)15-6-8-16(25)9-7-15/h2-14H,1H3/b13-12+. The first-order valence-corrected chi connectivity index (χ1v) is 13.1. The van der Waals surface area contributed by atoms with Crippen molar-refractivity contribution in [1.82, 2.24) is 29.9 Å². The molecule has 3 heterocycles. The van der Waals surface area contributed by atoms with Gasteiger partial charge in [0.15, 0.2) is 21.5 Å². The summed E-state index contributed by atoms with van der Waals surface area (Å²) < 4.78 is 31.1. The average Bonchev–Trinajstić information content (AvgIpc) is 3.50. The third-order valence-corrected chi connectivity index (χ3v) is 6.75. The van der Waals surface area contributed by atoms with Gasteiger partial charge in [0.1, 0.15) is 5.69 Å². The van der Waals surface area contributed by atoms with E-state index in [4.69, 9.17) is 27.6 Å². The Balaban J connectivity index is 1.54. The third-order valence-electron chi connectivity index (χ3n) is 5.08. The topological polar surface area (TPSA) is 117 Å². The van der Waals surface area contributed by atoms with Gasteiger partial charge in [-0.05, 0) is 54.6 Å². The largest absolute Gasteiger partial charge is 0.417 e. The van der Waals surface area contributed by atoms with E-state index in [-0.39, 0.29) is 10.8 Å². The second-order valence-corrected chi connectivity index (χ2v) is 10.5. The maximum Gasteiger partial charge on any atom is 0.248 e. The van der Waals surface area contributed by atoms with E-state index in [1.54, 1.807) is 59.2 Å². The SMILES string of the molecule is CS(=O)(=O)c1ccc(-c2nnc(/C=C/c3nnc(-c4ccc(Cl)cc4)o3)n2-c2ccccc2Cl)nc1. The maximum atomic E-state index is 11.8. The molecule has 0 aliphatic heterocycles. The summed E-state index contributed by atoms with van der Waals surface area (Å²) in [5.41, 5.74) is 1.76. The summed E-state index contributed by atoms with van der Waals surface area (Å²) >= 11 is 12.4. The van der Waals surface area contributed by atoms with Crippen molar-refractivity contribution >= 4 is 45.2 Å². The van der Waals surface area contributed by atoms with Crippen molar-refractivity contribution in [2.24, 2.45) is 0 Å². The highest BCUT2D eigenvalue weighted by Crippen LogP contribution is 2.28. The predicted molar refractivity (Wildman–Crippen MR) is 136 cm³/mol. The molecule has 180 valence electrons. The van der Waals surface area contributed by atoms with Gasteiger partial charge < -0.3 is 4.42 Å². The van der Waals surface area contributed by atoms with Crippen molar-refractivity contribution in [3.63, 3.8) is 0 Å². The number of aromatic nitrogens is 6. The van der Waals surface area contributed by atoms with Crippen LogP contribution in [0.2, 0.25) is 10.0 Å². The first-order chi connectivity index (χ1) is 17.3. The van der Waals surface area contributed by atoms with Crippen molar-refractivity contribution in [1.29, 1.82) is 0 Å². The van der Waals surface area contributed by atoms with Gasteiger partial charge >= 0.3 is 0 Å². The molecule has 12 heteroatoms. The number of para-hydroxylation sites is 1. The Kier molecular flexibility index (Phi) is 6.40. The Hall–Kier alpha value is -3.86. The van der Waals surface area contributed by atoms with Crippen LogP contribution in [-0.4, -0.2) is 44.6 Å². The van der Waals surface area contributed by atoms with Crippen molar-refractivity contribution in [3.8, 4) is 28.7 Å². The van der Waals surface area contributed by atoms with E-state index in [9.17, 15) is 8.42 Å². The molecule has 0 aliphatic carbocycles. The molecule has 0 radical (unpaired) electrons. The molecule has 0 spiro atoms. The molecule has 36 heavy (non-hydrogen) atoms. The quantitative estimate of drug-likeness (QED) is 0.287. The first-order valence-electron chi connectivity index (χ1n) is 10.4. The Morgan fingerprint density at radius 2 is 1.67 bits per heavy atom.